The molecule has 0 spiro atoms. The first kappa shape index (κ1) is 18.5. The molecule has 0 bridgehead atoms. The summed E-state index contributed by atoms with van der Waals surface area (Å²) in [5, 5.41) is 2.67. The van der Waals surface area contributed by atoms with Gasteiger partial charge in [-0.25, -0.2) is 0 Å². The Morgan fingerprint density at radius 3 is 1.78 bits per heavy atom. The molecule has 1 saturated heterocycles. The molecule has 0 N–H and O–H groups in total. The molecule has 138 valence electrons. The largest absolute Gasteiger partial charge is 0.318 e. The topological polar surface area (TPSA) is 34.1 Å². The maximum atomic E-state index is 14.4. The second-order valence-electron chi connectivity index (χ2n) is 7.24. The van der Waals surface area contributed by atoms with Gasteiger partial charge in [0, 0.05) is 33.9 Å². The molecule has 0 amide bonds. The van der Waals surface area contributed by atoms with Gasteiger partial charge in [-0.05, 0) is 12.8 Å². The highest BCUT2D eigenvalue weighted by atomic mass is 31.2. The van der Waals surface area contributed by atoms with E-state index >= 15 is 0 Å². The number of hydrogen-bond acceptors (Lipinski definition) is 2. The summed E-state index contributed by atoms with van der Waals surface area (Å²) in [5.74, 6) is 0. The highest BCUT2D eigenvalue weighted by molar-refractivity contribution is 7.80. The zero-order valence-electron chi connectivity index (χ0n) is 15.3. The van der Waals surface area contributed by atoms with E-state index in [2.05, 4.69) is 0 Å². The van der Waals surface area contributed by atoms with Crippen LogP contribution in [0.15, 0.2) is 91.0 Å². The third kappa shape index (κ3) is 3.49. The molecule has 4 rings (SSSR count). The molecular weight excluding hydrogens is 370 g/mol. The predicted octanol–water partition coefficient (Wildman–Crippen LogP) is 4.85. The highest BCUT2D eigenvalue weighted by Crippen LogP contribution is 2.61. The van der Waals surface area contributed by atoms with Gasteiger partial charge in [-0.3, -0.25) is 0 Å². The Morgan fingerprint density at radius 1 is 0.778 bits per heavy atom. The van der Waals surface area contributed by atoms with E-state index < -0.39 is 14.3 Å². The van der Waals surface area contributed by atoms with Gasteiger partial charge in [-0.15, -0.1) is 0 Å². The van der Waals surface area contributed by atoms with E-state index in [9.17, 15) is 9.13 Å². The first-order chi connectivity index (χ1) is 13.1. The first-order valence-corrected chi connectivity index (χ1v) is 13.3. The highest BCUT2D eigenvalue weighted by Gasteiger charge is 2.43. The Kier molecular flexibility index (Phi) is 5.22. The van der Waals surface area contributed by atoms with Crippen molar-refractivity contribution in [1.82, 2.24) is 0 Å². The van der Waals surface area contributed by atoms with Gasteiger partial charge >= 0.3 is 0 Å². The van der Waals surface area contributed by atoms with Crippen LogP contribution in [0.25, 0.3) is 0 Å². The first-order valence-electron chi connectivity index (χ1n) is 9.48. The summed E-state index contributed by atoms with van der Waals surface area (Å²) in [4.78, 5) is 0. The third-order valence-corrected chi connectivity index (χ3v) is 12.9. The lowest BCUT2D eigenvalue weighted by atomic mass is 10.3. The molecular formula is C23H24O2P2. The SMILES string of the molecule is O=P(CC1CCCP1(=O)c1ccccc1)(c1ccccc1)c1ccccc1. The molecule has 1 aliphatic heterocycles. The van der Waals surface area contributed by atoms with Gasteiger partial charge < -0.3 is 9.13 Å². The van der Waals surface area contributed by atoms with Gasteiger partial charge in [0.05, 0.1) is 0 Å². The van der Waals surface area contributed by atoms with E-state index in [0.717, 1.165) is 34.9 Å². The van der Waals surface area contributed by atoms with Crippen LogP contribution >= 0.6 is 14.3 Å². The minimum Gasteiger partial charge on any atom is -0.318 e. The summed E-state index contributed by atoms with van der Waals surface area (Å²) < 4.78 is 28.3. The molecule has 1 heterocycles. The number of benzene rings is 3. The van der Waals surface area contributed by atoms with Gasteiger partial charge in [0.15, 0.2) is 0 Å². The Bertz CT molecular complexity index is 941. The van der Waals surface area contributed by atoms with Crippen molar-refractivity contribution in [2.45, 2.75) is 18.5 Å². The van der Waals surface area contributed by atoms with E-state index in [1.165, 1.54) is 0 Å². The van der Waals surface area contributed by atoms with Crippen molar-refractivity contribution in [2.24, 2.45) is 0 Å². The third-order valence-electron chi connectivity index (χ3n) is 5.63. The zero-order chi connectivity index (χ0) is 18.7. The molecule has 4 heteroatoms. The van der Waals surface area contributed by atoms with Crippen molar-refractivity contribution in [3.8, 4) is 0 Å². The van der Waals surface area contributed by atoms with Crippen molar-refractivity contribution >= 4 is 30.2 Å². The maximum Gasteiger partial charge on any atom is 0.143 e. The summed E-state index contributed by atoms with van der Waals surface area (Å²) in [5.41, 5.74) is -0.0221. The minimum absolute atomic E-state index is 0.0221. The number of hydrogen-bond donors (Lipinski definition) is 0. The van der Waals surface area contributed by atoms with Crippen molar-refractivity contribution in [3.05, 3.63) is 91.0 Å². The Labute approximate surface area is 161 Å². The monoisotopic (exact) mass is 394 g/mol. The fourth-order valence-corrected chi connectivity index (χ4v) is 11.7. The molecule has 27 heavy (non-hydrogen) atoms. The van der Waals surface area contributed by atoms with Crippen LogP contribution in [0.1, 0.15) is 12.8 Å². The molecule has 3 aromatic carbocycles. The van der Waals surface area contributed by atoms with E-state index in [1.54, 1.807) is 0 Å². The normalized spacial score (nSPS) is 22.6. The van der Waals surface area contributed by atoms with E-state index in [0.29, 0.717) is 6.16 Å². The minimum atomic E-state index is -2.85. The molecule has 0 saturated carbocycles. The Balaban J connectivity index is 1.77. The molecule has 2 nitrogen and oxygen atoms in total. The molecule has 1 aliphatic rings. The van der Waals surface area contributed by atoms with Crippen LogP contribution in [0.4, 0.5) is 0 Å². The van der Waals surface area contributed by atoms with Crippen molar-refractivity contribution in [1.29, 1.82) is 0 Å². The van der Waals surface area contributed by atoms with E-state index in [1.807, 2.05) is 91.0 Å². The lowest BCUT2D eigenvalue weighted by Gasteiger charge is -2.27. The van der Waals surface area contributed by atoms with Gasteiger partial charge in [0.1, 0.15) is 14.3 Å². The fourth-order valence-electron chi connectivity index (χ4n) is 4.19. The predicted molar refractivity (Wildman–Crippen MR) is 116 cm³/mol. The summed E-state index contributed by atoms with van der Waals surface area (Å²) in [6, 6.07) is 29.3. The zero-order valence-corrected chi connectivity index (χ0v) is 17.1. The van der Waals surface area contributed by atoms with E-state index in [-0.39, 0.29) is 5.66 Å². The van der Waals surface area contributed by atoms with Crippen molar-refractivity contribution in [3.63, 3.8) is 0 Å². The summed E-state index contributed by atoms with van der Waals surface area (Å²) >= 11 is 0. The van der Waals surface area contributed by atoms with Crippen LogP contribution in [0.3, 0.4) is 0 Å². The lowest BCUT2D eigenvalue weighted by Crippen LogP contribution is -2.26. The van der Waals surface area contributed by atoms with Crippen molar-refractivity contribution in [2.75, 3.05) is 12.3 Å². The second-order valence-corrected chi connectivity index (χ2v) is 13.4. The lowest BCUT2D eigenvalue weighted by molar-refractivity contribution is 0.573. The second kappa shape index (κ2) is 7.63. The van der Waals surface area contributed by atoms with Crippen LogP contribution in [-0.2, 0) is 9.13 Å². The average Bonchev–Trinajstić information content (AvgIpc) is 3.11. The fraction of sp³-hybridized carbons (Fsp3) is 0.217. The van der Waals surface area contributed by atoms with E-state index in [4.69, 9.17) is 0 Å². The molecule has 0 radical (unpaired) electrons. The Hall–Kier alpha value is -1.88. The standard InChI is InChI=1S/C23H24O2P2/c24-26(20-11-4-1-5-12-20)18-10-17-23(26)19-27(25,21-13-6-2-7-14-21)22-15-8-3-9-16-22/h1-9,11-16,23H,10,17-19H2. The van der Waals surface area contributed by atoms with Gasteiger partial charge in [0.25, 0.3) is 0 Å². The Morgan fingerprint density at radius 2 is 1.26 bits per heavy atom. The van der Waals surface area contributed by atoms with Crippen molar-refractivity contribution < 1.29 is 9.13 Å². The smallest absolute Gasteiger partial charge is 0.143 e. The van der Waals surface area contributed by atoms with Crippen LogP contribution in [-0.4, -0.2) is 18.0 Å². The average molecular weight is 394 g/mol. The molecule has 0 aromatic heterocycles. The number of rotatable bonds is 5. The molecule has 0 aliphatic carbocycles. The van der Waals surface area contributed by atoms with Crippen LogP contribution in [0, 0.1) is 0 Å². The quantitative estimate of drug-likeness (QED) is 0.580. The van der Waals surface area contributed by atoms with Gasteiger partial charge in [0.2, 0.25) is 0 Å². The van der Waals surface area contributed by atoms with Crippen LogP contribution in [0.2, 0.25) is 0 Å². The summed E-state index contributed by atoms with van der Waals surface area (Å²) in [7, 11) is -5.39. The summed E-state index contributed by atoms with van der Waals surface area (Å²) in [6.45, 7) is 0. The van der Waals surface area contributed by atoms with Gasteiger partial charge in [-0.2, -0.15) is 0 Å². The molecule has 2 atom stereocenters. The molecule has 1 fully saturated rings. The molecule has 2 unspecified atom stereocenters. The maximum absolute atomic E-state index is 14.4. The van der Waals surface area contributed by atoms with Crippen LogP contribution < -0.4 is 15.9 Å². The summed E-state index contributed by atoms with van der Waals surface area (Å²) in [6.07, 6.45) is 3.04. The molecule has 3 aromatic rings. The van der Waals surface area contributed by atoms with Crippen LogP contribution in [0.5, 0.6) is 0 Å². The van der Waals surface area contributed by atoms with Gasteiger partial charge in [-0.1, -0.05) is 91.0 Å².